The van der Waals surface area contributed by atoms with E-state index in [9.17, 15) is 13.2 Å². The highest BCUT2D eigenvalue weighted by molar-refractivity contribution is 5.93. The maximum absolute atomic E-state index is 12.6. The van der Waals surface area contributed by atoms with Crippen molar-refractivity contribution in [1.82, 2.24) is 4.90 Å². The van der Waals surface area contributed by atoms with Crippen LogP contribution in [0.4, 0.5) is 18.9 Å². The number of morpholine rings is 1. The second kappa shape index (κ2) is 10.1. The SMILES string of the molecule is C[C@H]1[C@@H](/N=C(/Nc2ccc(OC(F)(F)F)cc2)N2CCOCC2)O[C@@H]2O[C@]3(C)CC[C@H]4[C@H](C)CC[C@@H]1C24OO3. The lowest BCUT2D eigenvalue weighted by atomic mass is 9.58. The molecule has 0 aromatic heterocycles. The van der Waals surface area contributed by atoms with Crippen LogP contribution in [0.1, 0.15) is 46.5 Å². The Morgan fingerprint density at radius 1 is 1.05 bits per heavy atom. The highest BCUT2D eigenvalue weighted by Crippen LogP contribution is 2.60. The van der Waals surface area contributed by atoms with Crippen molar-refractivity contribution in [3.8, 4) is 5.75 Å². The Hall–Kier alpha value is -2.12. The third-order valence-corrected chi connectivity index (χ3v) is 9.03. The van der Waals surface area contributed by atoms with E-state index >= 15 is 0 Å². The predicted octanol–water partition coefficient (Wildman–Crippen LogP) is 4.89. The molecule has 1 spiro atoms. The molecule has 12 heteroatoms. The number of anilines is 1. The van der Waals surface area contributed by atoms with Crippen LogP contribution in [0, 0.1) is 23.7 Å². The van der Waals surface area contributed by atoms with Crippen molar-refractivity contribution in [2.24, 2.45) is 28.7 Å². The van der Waals surface area contributed by atoms with E-state index in [2.05, 4.69) is 28.8 Å². The van der Waals surface area contributed by atoms with E-state index in [0.717, 1.165) is 25.7 Å². The molecule has 0 radical (unpaired) electrons. The largest absolute Gasteiger partial charge is 0.573 e. The zero-order valence-corrected chi connectivity index (χ0v) is 22.4. The van der Waals surface area contributed by atoms with Crippen molar-refractivity contribution in [2.75, 3.05) is 31.6 Å². The molecule has 0 amide bonds. The standard InChI is InChI=1S/C27H36F3N3O6/c1-16-4-9-21-17(2)22(35-23-26(21)20(16)10-11-25(3,37-23)38-39-26)32-24(33-12-14-34-15-13-33)31-18-5-7-19(8-6-18)36-27(28,29)30/h5-8,16-17,20-23H,4,9-15H2,1-3H3,(H,31,32)/t16-,17-,20+,21+,22+,23-,25+,26?/m1/s1. The lowest BCUT2D eigenvalue weighted by Gasteiger charge is -2.59. The van der Waals surface area contributed by atoms with E-state index in [1.165, 1.54) is 24.3 Å². The van der Waals surface area contributed by atoms with E-state index in [0.29, 0.717) is 43.9 Å². The summed E-state index contributed by atoms with van der Waals surface area (Å²) in [5.74, 6) is 0.250. The normalized spacial score (nSPS) is 40.6. The molecular weight excluding hydrogens is 519 g/mol. The molecule has 216 valence electrons. The third-order valence-electron chi connectivity index (χ3n) is 9.03. The van der Waals surface area contributed by atoms with E-state index < -0.39 is 30.3 Å². The summed E-state index contributed by atoms with van der Waals surface area (Å²) < 4.78 is 60.5. The van der Waals surface area contributed by atoms with E-state index in [-0.39, 0.29) is 23.5 Å². The first-order valence-electron chi connectivity index (χ1n) is 13.8. The van der Waals surface area contributed by atoms with Crippen LogP contribution in [0.2, 0.25) is 0 Å². The quantitative estimate of drug-likeness (QED) is 0.321. The summed E-state index contributed by atoms with van der Waals surface area (Å²) in [4.78, 5) is 19.3. The minimum atomic E-state index is -4.75. The number of aliphatic imine (C=N–C) groups is 1. The van der Waals surface area contributed by atoms with Crippen LogP contribution in [0.3, 0.4) is 0 Å². The van der Waals surface area contributed by atoms with E-state index in [1.54, 1.807) is 0 Å². The number of guanidine groups is 1. The Bertz CT molecular complexity index is 1070. The van der Waals surface area contributed by atoms with Gasteiger partial charge in [0.15, 0.2) is 18.1 Å². The maximum Gasteiger partial charge on any atom is 0.573 e. The third kappa shape index (κ3) is 5.10. The monoisotopic (exact) mass is 555 g/mol. The number of fused-ring (bicyclic) bond motifs is 2. The molecule has 1 unspecified atom stereocenters. The molecule has 2 bridgehead atoms. The minimum Gasteiger partial charge on any atom is -0.406 e. The molecule has 1 N–H and O–H groups in total. The van der Waals surface area contributed by atoms with Gasteiger partial charge >= 0.3 is 6.36 Å². The molecule has 5 aliphatic heterocycles. The molecule has 9 nitrogen and oxygen atoms in total. The maximum atomic E-state index is 12.6. The summed E-state index contributed by atoms with van der Waals surface area (Å²) in [5.41, 5.74) is -0.102. The summed E-state index contributed by atoms with van der Waals surface area (Å²) in [6, 6.07) is 5.61. The topological polar surface area (TPSA) is 83.0 Å². The Balaban J connectivity index is 1.29. The van der Waals surface area contributed by atoms with Crippen molar-refractivity contribution in [3.63, 3.8) is 0 Å². The zero-order chi connectivity index (χ0) is 27.4. The van der Waals surface area contributed by atoms with Crippen molar-refractivity contribution in [3.05, 3.63) is 24.3 Å². The van der Waals surface area contributed by atoms with Crippen molar-refractivity contribution >= 4 is 11.6 Å². The average molecular weight is 556 g/mol. The fourth-order valence-electron chi connectivity index (χ4n) is 6.99. The molecule has 6 aliphatic rings. The summed E-state index contributed by atoms with van der Waals surface area (Å²) in [5, 5.41) is 3.30. The molecule has 1 aromatic carbocycles. The lowest BCUT2D eigenvalue weighted by Crippen LogP contribution is -2.70. The van der Waals surface area contributed by atoms with E-state index in [1.807, 2.05) is 6.92 Å². The Morgan fingerprint density at radius 2 is 1.79 bits per heavy atom. The molecule has 5 saturated heterocycles. The van der Waals surface area contributed by atoms with Gasteiger partial charge in [-0.2, -0.15) is 0 Å². The number of nitrogens with zero attached hydrogens (tertiary/aromatic N) is 2. The summed E-state index contributed by atoms with van der Waals surface area (Å²) in [6.45, 7) is 8.62. The fraction of sp³-hybridized carbons (Fsp3) is 0.741. The number of rotatable bonds is 3. The number of halogens is 3. The Kier molecular flexibility index (Phi) is 6.98. The lowest BCUT2D eigenvalue weighted by molar-refractivity contribution is -0.570. The van der Waals surface area contributed by atoms with Crippen LogP contribution < -0.4 is 10.1 Å². The molecule has 6 fully saturated rings. The van der Waals surface area contributed by atoms with Gasteiger partial charge in [-0.3, -0.25) is 0 Å². The average Bonchev–Trinajstić information content (AvgIpc) is 3.13. The van der Waals surface area contributed by atoms with Gasteiger partial charge in [-0.05, 0) is 62.3 Å². The van der Waals surface area contributed by atoms with Crippen LogP contribution in [0.5, 0.6) is 5.75 Å². The second-order valence-electron chi connectivity index (χ2n) is 11.5. The van der Waals surface area contributed by atoms with Crippen LogP contribution in [0.15, 0.2) is 29.3 Å². The first-order chi connectivity index (χ1) is 18.6. The summed E-state index contributed by atoms with van der Waals surface area (Å²) in [6.07, 6.45) is -2.17. The Morgan fingerprint density at radius 3 is 2.51 bits per heavy atom. The van der Waals surface area contributed by atoms with E-state index in [4.69, 9.17) is 29.0 Å². The minimum absolute atomic E-state index is 0.00584. The van der Waals surface area contributed by atoms with Gasteiger partial charge in [0, 0.05) is 37.0 Å². The van der Waals surface area contributed by atoms with Gasteiger partial charge in [-0.15, -0.1) is 13.2 Å². The number of nitrogens with one attached hydrogen (secondary N) is 1. The number of hydrogen-bond acceptors (Lipinski definition) is 7. The summed E-state index contributed by atoms with van der Waals surface area (Å²) in [7, 11) is 0. The highest BCUT2D eigenvalue weighted by atomic mass is 19.4. The van der Waals surface area contributed by atoms with Crippen LogP contribution in [0.25, 0.3) is 0 Å². The first-order valence-corrected chi connectivity index (χ1v) is 13.8. The fourth-order valence-corrected chi connectivity index (χ4v) is 6.99. The van der Waals surface area contributed by atoms with Gasteiger partial charge in [-0.25, -0.2) is 14.8 Å². The highest BCUT2D eigenvalue weighted by Gasteiger charge is 2.69. The molecular formula is C27H36F3N3O6. The van der Waals surface area contributed by atoms with Crippen LogP contribution >= 0.6 is 0 Å². The van der Waals surface area contributed by atoms with Crippen LogP contribution in [-0.2, 0) is 24.0 Å². The first kappa shape index (κ1) is 27.1. The van der Waals surface area contributed by atoms with Crippen LogP contribution in [-0.4, -0.2) is 67.4 Å². The van der Waals surface area contributed by atoms with Gasteiger partial charge < -0.3 is 29.2 Å². The van der Waals surface area contributed by atoms with Crippen molar-refractivity contribution in [2.45, 2.75) is 76.7 Å². The second-order valence-corrected chi connectivity index (χ2v) is 11.5. The molecule has 5 heterocycles. The van der Waals surface area contributed by atoms with Gasteiger partial charge in [0.2, 0.25) is 11.7 Å². The van der Waals surface area contributed by atoms with Gasteiger partial charge in [0.1, 0.15) is 5.75 Å². The number of benzene rings is 1. The molecule has 39 heavy (non-hydrogen) atoms. The zero-order valence-electron chi connectivity index (χ0n) is 22.4. The summed E-state index contributed by atoms with van der Waals surface area (Å²) >= 11 is 0. The van der Waals surface area contributed by atoms with Gasteiger partial charge in [0.25, 0.3) is 0 Å². The van der Waals surface area contributed by atoms with Gasteiger partial charge in [0.05, 0.1) is 13.2 Å². The predicted molar refractivity (Wildman–Crippen MR) is 133 cm³/mol. The van der Waals surface area contributed by atoms with Crippen molar-refractivity contribution < 1.29 is 41.9 Å². The molecule has 1 aromatic rings. The molecule has 1 saturated carbocycles. The number of hydrogen-bond donors (Lipinski definition) is 1. The number of alkyl halides is 3. The molecule has 8 atom stereocenters. The molecule has 7 rings (SSSR count). The smallest absolute Gasteiger partial charge is 0.406 e. The van der Waals surface area contributed by atoms with Gasteiger partial charge in [-0.1, -0.05) is 13.8 Å². The molecule has 1 aliphatic carbocycles. The van der Waals surface area contributed by atoms with Crippen molar-refractivity contribution in [1.29, 1.82) is 0 Å². The Labute approximate surface area is 225 Å². The number of ether oxygens (including phenoxy) is 4.